The van der Waals surface area contributed by atoms with E-state index in [-0.39, 0.29) is 23.5 Å². The molecule has 8 nitrogen and oxygen atoms in total. The third-order valence-corrected chi connectivity index (χ3v) is 6.42. The van der Waals surface area contributed by atoms with Crippen LogP contribution in [0.3, 0.4) is 0 Å². The Morgan fingerprint density at radius 1 is 1.15 bits per heavy atom. The topological polar surface area (TPSA) is 121 Å². The fourth-order valence-corrected chi connectivity index (χ4v) is 4.75. The van der Waals surface area contributed by atoms with Gasteiger partial charge in [0.1, 0.15) is 5.82 Å². The number of rotatable bonds is 7. The number of aliphatic carboxylic acids is 2. The van der Waals surface area contributed by atoms with E-state index >= 15 is 0 Å². The number of carbonyl (C=O) groups is 4. The van der Waals surface area contributed by atoms with Crippen molar-refractivity contribution in [2.75, 3.05) is 6.54 Å². The Labute approximate surface area is 199 Å². The number of carboxylic acids is 2. The number of fused-ring (bicyclic) bond motifs is 1. The van der Waals surface area contributed by atoms with Crippen LogP contribution < -0.4 is 4.74 Å². The molecule has 1 fully saturated rings. The molecule has 4 rings (SSSR count). The minimum atomic E-state index is -1.26. The predicted molar refractivity (Wildman–Crippen MR) is 121 cm³/mol. The van der Waals surface area contributed by atoms with Gasteiger partial charge >= 0.3 is 17.9 Å². The Morgan fingerprint density at radius 2 is 1.79 bits per heavy atom. The first kappa shape index (κ1) is 25.3. The summed E-state index contributed by atoms with van der Waals surface area (Å²) < 4.78 is 19.6. The molecule has 1 atom stereocenters. The number of esters is 1. The second kappa shape index (κ2) is 11.2. The minimum Gasteiger partial charge on any atom is -0.478 e. The van der Waals surface area contributed by atoms with Gasteiger partial charge in [-0.25, -0.2) is 14.0 Å². The third kappa shape index (κ3) is 6.82. The van der Waals surface area contributed by atoms with Gasteiger partial charge in [-0.3, -0.25) is 14.5 Å². The van der Waals surface area contributed by atoms with Gasteiger partial charge in [0, 0.05) is 48.5 Å². The van der Waals surface area contributed by atoms with Crippen molar-refractivity contribution in [3.8, 4) is 5.06 Å². The second-order valence-corrected chi connectivity index (χ2v) is 9.04. The molecule has 1 unspecified atom stereocenters. The SMILES string of the molecule is CC(=O)Oc1cc2c(s1)CCN(C(C(=O)C1CC1)c1ccccc1F)C2.O=C(O)/C=C/C(=O)O. The zero-order valence-electron chi connectivity index (χ0n) is 18.4. The van der Waals surface area contributed by atoms with Gasteiger partial charge < -0.3 is 14.9 Å². The number of thiophene rings is 1. The quantitative estimate of drug-likeness (QED) is 0.447. The van der Waals surface area contributed by atoms with E-state index in [1.54, 1.807) is 18.2 Å². The highest BCUT2D eigenvalue weighted by Gasteiger charge is 2.40. The van der Waals surface area contributed by atoms with Crippen LogP contribution in [0, 0.1) is 11.7 Å². The van der Waals surface area contributed by atoms with Crippen molar-refractivity contribution in [3.05, 3.63) is 64.3 Å². The molecular formula is C24H24FNO7S. The molecule has 1 saturated carbocycles. The summed E-state index contributed by atoms with van der Waals surface area (Å²) in [6.07, 6.45) is 3.69. The fourth-order valence-electron chi connectivity index (χ4n) is 3.70. The first-order chi connectivity index (χ1) is 16.2. The average molecular weight is 490 g/mol. The summed E-state index contributed by atoms with van der Waals surface area (Å²) in [5.41, 5.74) is 1.52. The monoisotopic (exact) mass is 489 g/mol. The molecule has 0 bridgehead atoms. The lowest BCUT2D eigenvalue weighted by atomic mass is 9.95. The Balaban J connectivity index is 0.000000350. The van der Waals surface area contributed by atoms with E-state index in [0.717, 1.165) is 24.8 Å². The lowest BCUT2D eigenvalue weighted by Gasteiger charge is -2.34. The lowest BCUT2D eigenvalue weighted by Crippen LogP contribution is -2.38. The summed E-state index contributed by atoms with van der Waals surface area (Å²) in [5, 5.41) is 16.2. The maximum absolute atomic E-state index is 14.4. The summed E-state index contributed by atoms with van der Waals surface area (Å²) in [5.74, 6) is -3.01. The zero-order valence-corrected chi connectivity index (χ0v) is 19.2. The fraction of sp³-hybridized carbons (Fsp3) is 0.333. The highest BCUT2D eigenvalue weighted by molar-refractivity contribution is 7.14. The molecule has 0 spiro atoms. The largest absolute Gasteiger partial charge is 0.478 e. The van der Waals surface area contributed by atoms with Gasteiger partial charge in [-0.15, -0.1) is 11.3 Å². The van der Waals surface area contributed by atoms with Crippen LogP contribution in [0.4, 0.5) is 4.39 Å². The van der Waals surface area contributed by atoms with Crippen molar-refractivity contribution in [1.82, 2.24) is 4.90 Å². The molecule has 2 aliphatic rings. The normalized spacial score (nSPS) is 16.2. The Morgan fingerprint density at radius 3 is 2.35 bits per heavy atom. The molecule has 1 aromatic heterocycles. The molecule has 1 aromatic carbocycles. The molecule has 2 N–H and O–H groups in total. The average Bonchev–Trinajstić information content (AvgIpc) is 3.54. The van der Waals surface area contributed by atoms with E-state index in [0.29, 0.717) is 35.9 Å². The van der Waals surface area contributed by atoms with Gasteiger partial charge in [0.2, 0.25) is 0 Å². The summed E-state index contributed by atoms with van der Waals surface area (Å²) in [7, 11) is 0. The van der Waals surface area contributed by atoms with Crippen LogP contribution in [0.1, 0.15) is 41.8 Å². The summed E-state index contributed by atoms with van der Waals surface area (Å²) in [6.45, 7) is 2.63. The number of carbonyl (C=O) groups excluding carboxylic acids is 2. The van der Waals surface area contributed by atoms with E-state index < -0.39 is 18.0 Å². The molecule has 0 amide bonds. The van der Waals surface area contributed by atoms with E-state index in [4.69, 9.17) is 14.9 Å². The molecule has 0 radical (unpaired) electrons. The first-order valence-electron chi connectivity index (χ1n) is 10.6. The van der Waals surface area contributed by atoms with E-state index in [9.17, 15) is 23.6 Å². The molecule has 2 heterocycles. The molecule has 180 valence electrons. The van der Waals surface area contributed by atoms with Gasteiger partial charge in [0.15, 0.2) is 10.8 Å². The summed E-state index contributed by atoms with van der Waals surface area (Å²) >= 11 is 1.47. The number of halogens is 1. The number of hydrogen-bond acceptors (Lipinski definition) is 7. The Kier molecular flexibility index (Phi) is 8.30. The van der Waals surface area contributed by atoms with Crippen LogP contribution in [0.5, 0.6) is 5.06 Å². The first-order valence-corrected chi connectivity index (χ1v) is 11.4. The maximum atomic E-state index is 14.4. The van der Waals surface area contributed by atoms with Crippen LogP contribution >= 0.6 is 11.3 Å². The van der Waals surface area contributed by atoms with Crippen molar-refractivity contribution in [3.63, 3.8) is 0 Å². The summed E-state index contributed by atoms with van der Waals surface area (Å²) in [4.78, 5) is 46.5. The van der Waals surface area contributed by atoms with Crippen LogP contribution in [0.25, 0.3) is 0 Å². The van der Waals surface area contributed by atoms with Crippen LogP contribution in [0.2, 0.25) is 0 Å². The minimum absolute atomic E-state index is 0.0556. The smallest absolute Gasteiger partial charge is 0.328 e. The van der Waals surface area contributed by atoms with Crippen molar-refractivity contribution in [1.29, 1.82) is 0 Å². The third-order valence-electron chi connectivity index (χ3n) is 5.30. The van der Waals surface area contributed by atoms with Gasteiger partial charge in [-0.1, -0.05) is 18.2 Å². The molecule has 10 heteroatoms. The number of Topliss-reactive ketones (excluding diaryl/α,β-unsaturated/α-hetero) is 1. The number of carboxylic acid groups (broad SMARTS) is 2. The predicted octanol–water partition coefficient (Wildman–Crippen LogP) is 3.60. The molecule has 34 heavy (non-hydrogen) atoms. The van der Waals surface area contributed by atoms with Crippen molar-refractivity contribution >= 4 is 35.0 Å². The van der Waals surface area contributed by atoms with E-state index in [1.807, 2.05) is 6.07 Å². The molecule has 0 saturated heterocycles. The van der Waals surface area contributed by atoms with Crippen LogP contribution in [-0.4, -0.2) is 45.3 Å². The maximum Gasteiger partial charge on any atom is 0.328 e. The van der Waals surface area contributed by atoms with E-state index in [2.05, 4.69) is 4.90 Å². The van der Waals surface area contributed by atoms with Gasteiger partial charge in [-0.2, -0.15) is 0 Å². The van der Waals surface area contributed by atoms with Gasteiger partial charge in [0.25, 0.3) is 0 Å². The van der Waals surface area contributed by atoms with Gasteiger partial charge in [-0.05, 0) is 37.0 Å². The lowest BCUT2D eigenvalue weighted by molar-refractivity contribution is -0.134. The van der Waals surface area contributed by atoms with Crippen LogP contribution in [0.15, 0.2) is 42.5 Å². The molecular weight excluding hydrogens is 465 g/mol. The zero-order chi connectivity index (χ0) is 24.8. The number of ketones is 1. The van der Waals surface area contributed by atoms with Crippen molar-refractivity contribution in [2.24, 2.45) is 5.92 Å². The highest BCUT2D eigenvalue weighted by Crippen LogP contribution is 2.41. The number of ether oxygens (including phenoxy) is 1. The molecule has 2 aromatic rings. The Hall–Kier alpha value is -3.37. The standard InChI is InChI=1S/C20H20FNO3S.C4H4O4/c1-12(23)25-18-10-14-11-22(9-8-17(14)26-18)19(20(24)13-6-7-13)15-4-2-3-5-16(15)21;5-3(6)1-2-4(7)8/h2-5,10,13,19H,6-9,11H2,1H3;1-2H,(H,5,6)(H,7,8)/b;2-1+. The highest BCUT2D eigenvalue weighted by atomic mass is 32.1. The number of benzene rings is 1. The van der Waals surface area contributed by atoms with Crippen LogP contribution in [-0.2, 0) is 32.1 Å². The summed E-state index contributed by atoms with van der Waals surface area (Å²) in [6, 6.07) is 7.89. The van der Waals surface area contributed by atoms with E-state index in [1.165, 1.54) is 29.2 Å². The van der Waals surface area contributed by atoms with Gasteiger partial charge in [0.05, 0.1) is 6.04 Å². The number of nitrogens with zero attached hydrogens (tertiary/aromatic N) is 1. The number of hydrogen-bond donors (Lipinski definition) is 2. The van der Waals surface area contributed by atoms with Crippen molar-refractivity contribution < 1.29 is 38.5 Å². The second-order valence-electron chi connectivity index (χ2n) is 7.94. The van der Waals surface area contributed by atoms with Crippen molar-refractivity contribution in [2.45, 2.75) is 38.8 Å². The molecule has 1 aliphatic heterocycles. The molecule has 1 aliphatic carbocycles. The Bertz CT molecular complexity index is 1110.